The highest BCUT2D eigenvalue weighted by Gasteiger charge is 2.40. The van der Waals surface area contributed by atoms with Crippen LogP contribution in [0, 0.1) is 0 Å². The Morgan fingerprint density at radius 2 is 1.55 bits per heavy atom. The summed E-state index contributed by atoms with van der Waals surface area (Å²) in [5, 5.41) is 4.31. The van der Waals surface area contributed by atoms with Crippen LogP contribution in [0.1, 0.15) is 43.5 Å². The average molecular weight is 527 g/mol. The number of nitrogens with one attached hydrogen (secondary N) is 1. The van der Waals surface area contributed by atoms with Crippen LogP contribution in [0.4, 0.5) is 11.4 Å². The van der Waals surface area contributed by atoms with Gasteiger partial charge in [-0.25, -0.2) is 0 Å². The third kappa shape index (κ3) is 5.90. The van der Waals surface area contributed by atoms with Crippen molar-refractivity contribution < 1.29 is 9.09 Å². The molecule has 0 aliphatic heterocycles. The highest BCUT2D eigenvalue weighted by molar-refractivity contribution is 9.10. The molecule has 33 heavy (non-hydrogen) atoms. The molecule has 0 spiro atoms. The van der Waals surface area contributed by atoms with E-state index < -0.39 is 13.2 Å². The van der Waals surface area contributed by atoms with E-state index in [2.05, 4.69) is 21.2 Å². The maximum absolute atomic E-state index is 15.0. The molecule has 2 atom stereocenters. The van der Waals surface area contributed by atoms with Crippen molar-refractivity contribution in [2.24, 2.45) is 0 Å². The molecule has 1 aliphatic rings. The van der Waals surface area contributed by atoms with Gasteiger partial charge in [-0.05, 0) is 66.9 Å². The zero-order valence-corrected chi connectivity index (χ0v) is 21.8. The van der Waals surface area contributed by atoms with Crippen LogP contribution in [0.25, 0.3) is 0 Å². The molecule has 6 heteroatoms. The third-order valence-electron chi connectivity index (χ3n) is 6.19. The lowest BCUT2D eigenvalue weighted by Gasteiger charge is -2.34. The first-order valence-electron chi connectivity index (χ1n) is 11.6. The Balaban J connectivity index is 1.80. The van der Waals surface area contributed by atoms with Crippen LogP contribution in [-0.4, -0.2) is 20.2 Å². The van der Waals surface area contributed by atoms with Gasteiger partial charge in [0.15, 0.2) is 0 Å². The molecule has 0 amide bonds. The van der Waals surface area contributed by atoms with E-state index in [9.17, 15) is 0 Å². The molecule has 0 radical (unpaired) electrons. The monoisotopic (exact) mass is 526 g/mol. The molecule has 4 rings (SSSR count). The Morgan fingerprint density at radius 3 is 2.15 bits per heavy atom. The van der Waals surface area contributed by atoms with Crippen molar-refractivity contribution in [3.8, 4) is 0 Å². The van der Waals surface area contributed by atoms with Gasteiger partial charge in [-0.2, -0.15) is 0 Å². The largest absolute Gasteiger partial charge is 0.378 e. The molecule has 0 heterocycles. The summed E-state index contributed by atoms with van der Waals surface area (Å²) in [5.41, 5.74) is 2.93. The summed E-state index contributed by atoms with van der Waals surface area (Å²) in [6.45, 7) is 0. The predicted octanol–water partition coefficient (Wildman–Crippen LogP) is 7.58. The maximum atomic E-state index is 15.0. The predicted molar refractivity (Wildman–Crippen MR) is 143 cm³/mol. The summed E-state index contributed by atoms with van der Waals surface area (Å²) >= 11 is 3.53. The normalized spacial score (nSPS) is 17.2. The standard InChI is InChI=1S/C27H32BrN2O2P/c1-30(2)24-17-19-26(20-18-24)33(31,32-25-11-7-4-8-12-25)27(21-13-15-22(28)16-14-21)29-23-9-5-3-6-10-23/h3,5-6,9-10,13-20,25,27,29H,4,7-8,11-12H2,1-2H3/t27-,33-/m0/s1. The fourth-order valence-electron chi connectivity index (χ4n) is 4.32. The van der Waals surface area contributed by atoms with Gasteiger partial charge in [-0.1, -0.05) is 65.5 Å². The van der Waals surface area contributed by atoms with E-state index in [1.54, 1.807) is 0 Å². The molecule has 0 aromatic heterocycles. The minimum absolute atomic E-state index is 0.00799. The van der Waals surface area contributed by atoms with Gasteiger partial charge in [0.1, 0.15) is 5.78 Å². The van der Waals surface area contributed by atoms with Gasteiger partial charge in [0.2, 0.25) is 0 Å². The Hall–Kier alpha value is -2.07. The molecule has 1 aliphatic carbocycles. The van der Waals surface area contributed by atoms with E-state index in [1.807, 2.05) is 97.9 Å². The van der Waals surface area contributed by atoms with Crippen molar-refractivity contribution >= 4 is 40.0 Å². The van der Waals surface area contributed by atoms with Crippen molar-refractivity contribution in [2.75, 3.05) is 24.3 Å². The topological polar surface area (TPSA) is 41.6 Å². The minimum Gasteiger partial charge on any atom is -0.378 e. The number of benzene rings is 3. The van der Waals surface area contributed by atoms with E-state index in [-0.39, 0.29) is 6.10 Å². The number of nitrogens with zero attached hydrogens (tertiary/aromatic N) is 1. The highest BCUT2D eigenvalue weighted by atomic mass is 79.9. The molecule has 4 nitrogen and oxygen atoms in total. The Bertz CT molecular complexity index is 1070. The Labute approximate surface area is 205 Å². The van der Waals surface area contributed by atoms with Crippen LogP contribution in [0.5, 0.6) is 0 Å². The zero-order valence-electron chi connectivity index (χ0n) is 19.3. The van der Waals surface area contributed by atoms with E-state index in [1.165, 1.54) is 6.42 Å². The second-order valence-electron chi connectivity index (χ2n) is 8.84. The molecule has 0 saturated heterocycles. The molecule has 174 valence electrons. The molecule has 1 fully saturated rings. The first-order chi connectivity index (χ1) is 16.0. The number of hydrogen-bond acceptors (Lipinski definition) is 4. The molecule has 3 aromatic carbocycles. The first-order valence-corrected chi connectivity index (χ1v) is 14.1. The molecule has 1 saturated carbocycles. The molecule has 0 bridgehead atoms. The summed E-state index contributed by atoms with van der Waals surface area (Å²) < 4.78 is 22.7. The van der Waals surface area contributed by atoms with E-state index in [4.69, 9.17) is 4.52 Å². The van der Waals surface area contributed by atoms with Gasteiger partial charge in [0, 0.05) is 35.2 Å². The lowest BCUT2D eigenvalue weighted by Crippen LogP contribution is -2.25. The fourth-order valence-corrected chi connectivity index (χ4v) is 7.23. The van der Waals surface area contributed by atoms with Crippen LogP contribution >= 0.6 is 23.3 Å². The Kier molecular flexibility index (Phi) is 7.95. The number of rotatable bonds is 8. The summed E-state index contributed by atoms with van der Waals surface area (Å²) in [4.78, 5) is 2.05. The first kappa shape index (κ1) is 24.1. The zero-order chi connectivity index (χ0) is 23.3. The van der Waals surface area contributed by atoms with Crippen LogP contribution in [0.2, 0.25) is 0 Å². The SMILES string of the molecule is CN(C)c1ccc([P@](=O)(OC2CCCCC2)[C@H](Nc2ccccc2)c2ccc(Br)cc2)cc1. The lowest BCUT2D eigenvalue weighted by atomic mass is 9.98. The van der Waals surface area contributed by atoms with Crippen molar-refractivity contribution in [3.63, 3.8) is 0 Å². The van der Waals surface area contributed by atoms with Crippen LogP contribution in [-0.2, 0) is 9.09 Å². The summed E-state index contributed by atoms with van der Waals surface area (Å²) in [7, 11) is 0.669. The summed E-state index contributed by atoms with van der Waals surface area (Å²) in [5.74, 6) is -0.500. The van der Waals surface area contributed by atoms with Gasteiger partial charge in [0.25, 0.3) is 7.37 Å². The van der Waals surface area contributed by atoms with Gasteiger partial charge in [0.05, 0.1) is 6.10 Å². The van der Waals surface area contributed by atoms with E-state index in [0.29, 0.717) is 0 Å². The second kappa shape index (κ2) is 10.9. The minimum atomic E-state index is -3.35. The molecule has 1 N–H and O–H groups in total. The van der Waals surface area contributed by atoms with Gasteiger partial charge in [-0.3, -0.25) is 4.57 Å². The third-order valence-corrected chi connectivity index (χ3v) is 9.45. The number of para-hydroxylation sites is 1. The average Bonchev–Trinajstić information content (AvgIpc) is 2.84. The van der Waals surface area contributed by atoms with Gasteiger partial charge >= 0.3 is 0 Å². The Morgan fingerprint density at radius 1 is 0.909 bits per heavy atom. The van der Waals surface area contributed by atoms with Gasteiger partial charge in [-0.15, -0.1) is 0 Å². The van der Waals surface area contributed by atoms with E-state index in [0.717, 1.165) is 52.4 Å². The molecular weight excluding hydrogens is 495 g/mol. The quantitative estimate of drug-likeness (QED) is 0.307. The van der Waals surface area contributed by atoms with Crippen molar-refractivity contribution in [1.29, 1.82) is 0 Å². The lowest BCUT2D eigenvalue weighted by molar-refractivity contribution is 0.159. The number of hydrogen-bond donors (Lipinski definition) is 1. The summed E-state index contributed by atoms with van der Waals surface area (Å²) in [6.07, 6.45) is 5.39. The van der Waals surface area contributed by atoms with Crippen LogP contribution in [0.15, 0.2) is 83.3 Å². The van der Waals surface area contributed by atoms with E-state index >= 15 is 4.57 Å². The second-order valence-corrected chi connectivity index (χ2v) is 12.2. The van der Waals surface area contributed by atoms with Crippen molar-refractivity contribution in [1.82, 2.24) is 0 Å². The van der Waals surface area contributed by atoms with Gasteiger partial charge < -0.3 is 14.7 Å². The number of anilines is 2. The number of halogens is 1. The van der Waals surface area contributed by atoms with Crippen molar-refractivity contribution in [3.05, 3.63) is 88.9 Å². The fraction of sp³-hybridized carbons (Fsp3) is 0.333. The molecule has 0 unspecified atom stereocenters. The van der Waals surface area contributed by atoms with Crippen molar-refractivity contribution in [2.45, 2.75) is 44.0 Å². The van der Waals surface area contributed by atoms with Crippen LogP contribution < -0.4 is 15.5 Å². The van der Waals surface area contributed by atoms with Crippen LogP contribution in [0.3, 0.4) is 0 Å². The molecular formula is C27H32BrN2O2P. The molecule has 3 aromatic rings. The maximum Gasteiger partial charge on any atom is 0.258 e. The smallest absolute Gasteiger partial charge is 0.258 e. The highest BCUT2D eigenvalue weighted by Crippen LogP contribution is 2.60. The summed E-state index contributed by atoms with van der Waals surface area (Å²) in [6, 6.07) is 26.0.